The van der Waals surface area contributed by atoms with Crippen molar-refractivity contribution < 1.29 is 19.1 Å². The zero-order valence-electron chi connectivity index (χ0n) is 17.2. The number of rotatable bonds is 11. The Morgan fingerprint density at radius 3 is 2.53 bits per heavy atom. The zero-order chi connectivity index (χ0) is 23.2. The molecule has 0 unspecified atom stereocenters. The van der Waals surface area contributed by atoms with Crippen molar-refractivity contribution >= 4 is 23.4 Å². The quantitative estimate of drug-likeness (QED) is 0.214. The Balaban J connectivity index is 2.07. The Morgan fingerprint density at radius 1 is 1.09 bits per heavy atom. The Morgan fingerprint density at radius 2 is 1.81 bits per heavy atom. The molecule has 3 amide bonds. The van der Waals surface area contributed by atoms with E-state index in [4.69, 9.17) is 16.7 Å². The summed E-state index contributed by atoms with van der Waals surface area (Å²) in [4.78, 5) is 39.8. The lowest BCUT2D eigenvalue weighted by Crippen LogP contribution is -2.51. The van der Waals surface area contributed by atoms with E-state index in [0.29, 0.717) is 0 Å². The molecule has 0 fully saturated rings. The van der Waals surface area contributed by atoms with Gasteiger partial charge in [-0.2, -0.15) is 0 Å². The van der Waals surface area contributed by atoms with Gasteiger partial charge in [-0.1, -0.05) is 59.6 Å². The van der Waals surface area contributed by atoms with Gasteiger partial charge in [0.2, 0.25) is 11.8 Å². The number of azide groups is 1. The van der Waals surface area contributed by atoms with E-state index in [9.17, 15) is 14.4 Å². The van der Waals surface area contributed by atoms with Crippen LogP contribution in [-0.2, 0) is 20.9 Å². The second-order valence-corrected chi connectivity index (χ2v) is 6.43. The van der Waals surface area contributed by atoms with Crippen molar-refractivity contribution in [2.45, 2.75) is 12.6 Å². The molecule has 0 aliphatic heterocycles. The van der Waals surface area contributed by atoms with Gasteiger partial charge in [-0.15, -0.1) is 6.42 Å². The first-order valence-corrected chi connectivity index (χ1v) is 9.59. The number of carbonyl (C=O) groups excluding carboxylic acids is 3. The average Bonchev–Trinajstić information content (AvgIpc) is 2.81. The molecule has 164 valence electrons. The van der Waals surface area contributed by atoms with Gasteiger partial charge in [0.25, 0.3) is 5.91 Å². The minimum Gasteiger partial charge on any atom is -0.374 e. The molecule has 1 atom stereocenters. The van der Waals surface area contributed by atoms with Crippen LogP contribution in [0.3, 0.4) is 0 Å². The van der Waals surface area contributed by atoms with Crippen LogP contribution in [0.4, 0.5) is 5.69 Å². The second kappa shape index (κ2) is 13.1. The highest BCUT2D eigenvalue weighted by molar-refractivity contribution is 6.01. The fourth-order valence-corrected chi connectivity index (χ4v) is 2.59. The second-order valence-electron chi connectivity index (χ2n) is 6.43. The molecular weight excluding hydrogens is 412 g/mol. The van der Waals surface area contributed by atoms with Gasteiger partial charge < -0.3 is 20.7 Å². The lowest BCUT2D eigenvalue weighted by Gasteiger charge is -2.19. The molecule has 10 heteroatoms. The van der Waals surface area contributed by atoms with Crippen LogP contribution < -0.4 is 16.0 Å². The summed E-state index contributed by atoms with van der Waals surface area (Å²) in [5.74, 6) is 0.531. The highest BCUT2D eigenvalue weighted by Crippen LogP contribution is 2.18. The van der Waals surface area contributed by atoms with E-state index >= 15 is 0 Å². The summed E-state index contributed by atoms with van der Waals surface area (Å²) >= 11 is 0. The number of amides is 3. The van der Waals surface area contributed by atoms with Gasteiger partial charge >= 0.3 is 0 Å². The van der Waals surface area contributed by atoms with Crippen LogP contribution in [0.1, 0.15) is 15.9 Å². The lowest BCUT2D eigenvalue weighted by molar-refractivity contribution is -0.128. The fraction of sp³-hybridized carbons (Fsp3) is 0.227. The lowest BCUT2D eigenvalue weighted by atomic mass is 10.1. The maximum Gasteiger partial charge on any atom is 0.252 e. The SMILES string of the molecule is C#CCNC(=O)CNC(=O)[C@H](COCc1ccccc1)NC(=O)c1ccccc1N=[N+]=[N-]. The van der Waals surface area contributed by atoms with E-state index in [1.54, 1.807) is 12.1 Å². The summed E-state index contributed by atoms with van der Waals surface area (Å²) in [6, 6.07) is 14.3. The van der Waals surface area contributed by atoms with Crippen molar-refractivity contribution in [3.8, 4) is 12.3 Å². The Labute approximate surface area is 185 Å². The van der Waals surface area contributed by atoms with Crippen molar-refractivity contribution in [1.82, 2.24) is 16.0 Å². The first kappa shape index (κ1) is 24.0. The summed E-state index contributed by atoms with van der Waals surface area (Å²) in [7, 11) is 0. The van der Waals surface area contributed by atoms with Gasteiger partial charge in [0.15, 0.2) is 0 Å². The van der Waals surface area contributed by atoms with Gasteiger partial charge in [0.1, 0.15) is 6.04 Å². The maximum atomic E-state index is 12.7. The topological polar surface area (TPSA) is 145 Å². The highest BCUT2D eigenvalue weighted by Gasteiger charge is 2.23. The molecule has 10 nitrogen and oxygen atoms in total. The summed E-state index contributed by atoms with van der Waals surface area (Å²) < 4.78 is 5.60. The van der Waals surface area contributed by atoms with Gasteiger partial charge in [-0.25, -0.2) is 0 Å². The third-order valence-corrected chi connectivity index (χ3v) is 4.13. The number of hydrogen-bond donors (Lipinski definition) is 3. The van der Waals surface area contributed by atoms with Gasteiger partial charge in [0.05, 0.1) is 32.0 Å². The number of nitrogens with one attached hydrogen (secondary N) is 3. The zero-order valence-corrected chi connectivity index (χ0v) is 17.2. The maximum absolute atomic E-state index is 12.7. The summed E-state index contributed by atoms with van der Waals surface area (Å²) in [5.41, 5.74) is 9.80. The Hall–Kier alpha value is -4.32. The Bertz CT molecular complexity index is 1030. The molecule has 0 saturated heterocycles. The predicted molar refractivity (Wildman–Crippen MR) is 117 cm³/mol. The molecule has 0 bridgehead atoms. The van der Waals surface area contributed by atoms with E-state index < -0.39 is 23.8 Å². The van der Waals surface area contributed by atoms with Crippen molar-refractivity contribution in [2.75, 3.05) is 19.7 Å². The number of carbonyl (C=O) groups is 3. The van der Waals surface area contributed by atoms with Crippen LogP contribution in [0.15, 0.2) is 59.7 Å². The molecular formula is C22H22N6O4. The molecule has 2 rings (SSSR count). The predicted octanol–water partition coefficient (Wildman–Crippen LogP) is 1.81. The van der Waals surface area contributed by atoms with Crippen LogP contribution in [0.2, 0.25) is 0 Å². The van der Waals surface area contributed by atoms with Crippen LogP contribution in [0.5, 0.6) is 0 Å². The van der Waals surface area contributed by atoms with E-state index in [1.165, 1.54) is 12.1 Å². The molecule has 3 N–H and O–H groups in total. The average molecular weight is 434 g/mol. The third-order valence-electron chi connectivity index (χ3n) is 4.13. The van der Waals surface area contributed by atoms with E-state index in [-0.39, 0.29) is 37.6 Å². The first-order valence-electron chi connectivity index (χ1n) is 9.59. The normalized spacial score (nSPS) is 10.7. The molecule has 0 heterocycles. The van der Waals surface area contributed by atoms with Crippen molar-refractivity contribution in [3.63, 3.8) is 0 Å². The molecule has 0 saturated carbocycles. The largest absolute Gasteiger partial charge is 0.374 e. The van der Waals surface area contributed by atoms with E-state index in [1.807, 2.05) is 30.3 Å². The van der Waals surface area contributed by atoms with E-state index in [0.717, 1.165) is 5.56 Å². The Kier molecular flexibility index (Phi) is 9.79. The standard InChI is InChI=1S/C22H22N6O4/c1-2-12-24-20(29)13-25-22(31)19(15-32-14-16-8-4-3-5-9-16)26-21(30)17-10-6-7-11-18(17)27-28-23/h1,3-11,19H,12-15H2,(H,24,29)(H,25,31)(H,26,30)/t19-/m0/s1. The molecule has 2 aromatic carbocycles. The fourth-order valence-electron chi connectivity index (χ4n) is 2.59. The molecule has 2 aromatic rings. The molecule has 0 aliphatic carbocycles. The number of nitrogens with zero attached hydrogens (tertiary/aromatic N) is 3. The van der Waals surface area contributed by atoms with Gasteiger partial charge in [-0.05, 0) is 17.2 Å². The summed E-state index contributed by atoms with van der Waals surface area (Å²) in [6.07, 6.45) is 5.08. The van der Waals surface area contributed by atoms with Crippen LogP contribution in [0.25, 0.3) is 10.4 Å². The number of hydrogen-bond acceptors (Lipinski definition) is 5. The monoisotopic (exact) mass is 434 g/mol. The minimum absolute atomic E-state index is 0.0330. The van der Waals surface area contributed by atoms with E-state index in [2.05, 4.69) is 31.9 Å². The highest BCUT2D eigenvalue weighted by atomic mass is 16.5. The van der Waals surface area contributed by atoms with Gasteiger partial charge in [-0.3, -0.25) is 14.4 Å². The van der Waals surface area contributed by atoms with Crippen molar-refractivity contribution in [3.05, 3.63) is 76.2 Å². The third kappa shape index (κ3) is 7.84. The molecule has 32 heavy (non-hydrogen) atoms. The number of benzene rings is 2. The van der Waals surface area contributed by atoms with Crippen LogP contribution >= 0.6 is 0 Å². The first-order chi connectivity index (χ1) is 15.5. The number of ether oxygens (including phenoxy) is 1. The van der Waals surface area contributed by atoms with Crippen LogP contribution in [-0.4, -0.2) is 43.5 Å². The van der Waals surface area contributed by atoms with Crippen molar-refractivity contribution in [1.29, 1.82) is 0 Å². The summed E-state index contributed by atoms with van der Waals surface area (Å²) in [5, 5.41) is 10.9. The van der Waals surface area contributed by atoms with Crippen molar-refractivity contribution in [2.24, 2.45) is 5.11 Å². The number of terminal acetylenes is 1. The smallest absolute Gasteiger partial charge is 0.252 e. The molecule has 0 aromatic heterocycles. The minimum atomic E-state index is -1.11. The van der Waals surface area contributed by atoms with Crippen LogP contribution in [0, 0.1) is 12.3 Å². The summed E-state index contributed by atoms with van der Waals surface area (Å²) in [6.45, 7) is -0.216. The molecule has 0 spiro atoms. The molecule has 0 aliphatic rings. The molecule has 0 radical (unpaired) electrons. The van der Waals surface area contributed by atoms with Gasteiger partial charge in [0, 0.05) is 10.5 Å².